The Morgan fingerprint density at radius 2 is 2.16 bits per heavy atom. The second-order valence-electron chi connectivity index (χ2n) is 5.90. The van der Waals surface area contributed by atoms with Crippen molar-refractivity contribution in [2.75, 3.05) is 13.2 Å². The van der Waals surface area contributed by atoms with Crippen molar-refractivity contribution in [2.45, 2.75) is 44.8 Å². The maximum absolute atomic E-state index is 6.08. The highest BCUT2D eigenvalue weighted by molar-refractivity contribution is 9.10. The van der Waals surface area contributed by atoms with E-state index in [4.69, 9.17) is 4.74 Å². The summed E-state index contributed by atoms with van der Waals surface area (Å²) in [5, 5.41) is 3.66. The molecule has 2 unspecified atom stereocenters. The highest BCUT2D eigenvalue weighted by Gasteiger charge is 2.30. The van der Waals surface area contributed by atoms with Crippen LogP contribution in [-0.2, 0) is 4.74 Å². The first kappa shape index (κ1) is 13.6. The van der Waals surface area contributed by atoms with Crippen LogP contribution < -0.4 is 5.32 Å². The number of benzene rings is 1. The Kier molecular flexibility index (Phi) is 4.25. The van der Waals surface area contributed by atoms with Gasteiger partial charge < -0.3 is 10.1 Å². The van der Waals surface area contributed by atoms with Crippen LogP contribution >= 0.6 is 15.9 Å². The van der Waals surface area contributed by atoms with E-state index >= 15 is 0 Å². The van der Waals surface area contributed by atoms with Crippen LogP contribution in [0.15, 0.2) is 22.7 Å². The van der Waals surface area contributed by atoms with Crippen LogP contribution in [0, 0.1) is 12.8 Å². The van der Waals surface area contributed by atoms with Crippen LogP contribution in [0.5, 0.6) is 0 Å². The summed E-state index contributed by atoms with van der Waals surface area (Å²) in [4.78, 5) is 0. The Hall–Kier alpha value is -0.380. The molecule has 0 bridgehead atoms. The molecule has 3 rings (SSSR count). The molecule has 0 aromatic heterocycles. The van der Waals surface area contributed by atoms with Crippen molar-refractivity contribution in [2.24, 2.45) is 5.92 Å². The molecule has 104 valence electrons. The number of ether oxygens (including phenoxy) is 1. The van der Waals surface area contributed by atoms with Gasteiger partial charge in [0.2, 0.25) is 0 Å². The van der Waals surface area contributed by atoms with Gasteiger partial charge in [-0.05, 0) is 49.8 Å². The molecular weight excluding hydrogens is 302 g/mol. The van der Waals surface area contributed by atoms with Crippen LogP contribution in [-0.4, -0.2) is 19.2 Å². The second-order valence-corrected chi connectivity index (χ2v) is 6.76. The van der Waals surface area contributed by atoms with Crippen LogP contribution in [0.25, 0.3) is 0 Å². The molecule has 1 N–H and O–H groups in total. The molecule has 1 aromatic carbocycles. The molecule has 1 heterocycles. The Morgan fingerprint density at radius 1 is 1.32 bits per heavy atom. The van der Waals surface area contributed by atoms with E-state index < -0.39 is 0 Å². The number of rotatable bonds is 4. The van der Waals surface area contributed by atoms with Crippen LogP contribution in [0.3, 0.4) is 0 Å². The largest absolute Gasteiger partial charge is 0.373 e. The Morgan fingerprint density at radius 3 is 2.89 bits per heavy atom. The van der Waals surface area contributed by atoms with E-state index in [0.717, 1.165) is 19.2 Å². The fourth-order valence-corrected chi connectivity index (χ4v) is 3.58. The summed E-state index contributed by atoms with van der Waals surface area (Å²) in [5.41, 5.74) is 2.60. The zero-order valence-electron chi connectivity index (χ0n) is 11.5. The van der Waals surface area contributed by atoms with Gasteiger partial charge in [-0.2, -0.15) is 0 Å². The lowest BCUT2D eigenvalue weighted by atomic mass is 9.89. The standard InChI is InChI=1S/C16H22BrNO/c1-11-4-7-14(15(17)9-11)16-12(3-2-8-19-16)10-18-13-5-6-13/h4,7,9,12-13,16,18H,2-3,5-6,8,10H2,1H3. The Labute approximate surface area is 124 Å². The van der Waals surface area contributed by atoms with Crippen LogP contribution in [0.1, 0.15) is 42.9 Å². The van der Waals surface area contributed by atoms with Gasteiger partial charge in [-0.3, -0.25) is 0 Å². The van der Waals surface area contributed by atoms with Crippen LogP contribution in [0.2, 0.25) is 0 Å². The summed E-state index contributed by atoms with van der Waals surface area (Å²) in [6.07, 6.45) is 5.41. The van der Waals surface area contributed by atoms with Crippen molar-refractivity contribution in [3.8, 4) is 0 Å². The van der Waals surface area contributed by atoms with Crippen molar-refractivity contribution >= 4 is 15.9 Å². The highest BCUT2D eigenvalue weighted by atomic mass is 79.9. The maximum Gasteiger partial charge on any atom is 0.0876 e. The van der Waals surface area contributed by atoms with E-state index in [1.54, 1.807) is 0 Å². The quantitative estimate of drug-likeness (QED) is 0.905. The topological polar surface area (TPSA) is 21.3 Å². The third-order valence-corrected chi connectivity index (χ3v) is 4.84. The lowest BCUT2D eigenvalue weighted by Crippen LogP contribution is -2.33. The minimum Gasteiger partial charge on any atom is -0.373 e. The summed E-state index contributed by atoms with van der Waals surface area (Å²) in [6.45, 7) is 4.11. The van der Waals surface area contributed by atoms with Gasteiger partial charge in [0.1, 0.15) is 0 Å². The molecule has 0 spiro atoms. The van der Waals surface area contributed by atoms with Gasteiger partial charge >= 0.3 is 0 Å². The monoisotopic (exact) mass is 323 g/mol. The molecule has 3 heteroatoms. The predicted molar refractivity (Wildman–Crippen MR) is 81.3 cm³/mol. The SMILES string of the molecule is Cc1ccc(C2OCCCC2CNC2CC2)c(Br)c1. The molecule has 1 aliphatic heterocycles. The third-order valence-electron chi connectivity index (χ3n) is 4.15. The molecule has 0 radical (unpaired) electrons. The fraction of sp³-hybridized carbons (Fsp3) is 0.625. The zero-order chi connectivity index (χ0) is 13.2. The lowest BCUT2D eigenvalue weighted by molar-refractivity contribution is -0.0282. The number of nitrogens with one attached hydrogen (secondary N) is 1. The summed E-state index contributed by atoms with van der Waals surface area (Å²) in [5.74, 6) is 0.605. The Balaban J connectivity index is 1.74. The molecule has 2 aliphatic rings. The first-order chi connectivity index (χ1) is 9.24. The first-order valence-corrected chi connectivity index (χ1v) is 8.14. The number of aryl methyl sites for hydroxylation is 1. The van der Waals surface area contributed by atoms with Gasteiger partial charge in [0.15, 0.2) is 0 Å². The summed E-state index contributed by atoms with van der Waals surface area (Å²) >= 11 is 3.70. The van der Waals surface area contributed by atoms with E-state index in [9.17, 15) is 0 Å². The molecular formula is C16H22BrNO. The molecule has 1 aromatic rings. The Bertz CT molecular complexity index is 444. The van der Waals surface area contributed by atoms with E-state index in [1.165, 1.54) is 41.3 Å². The van der Waals surface area contributed by atoms with E-state index in [0.29, 0.717) is 5.92 Å². The molecule has 1 aliphatic carbocycles. The van der Waals surface area contributed by atoms with E-state index in [2.05, 4.69) is 46.4 Å². The average molecular weight is 324 g/mol. The molecule has 1 saturated heterocycles. The van der Waals surface area contributed by atoms with Crippen molar-refractivity contribution in [1.82, 2.24) is 5.32 Å². The smallest absolute Gasteiger partial charge is 0.0876 e. The molecule has 19 heavy (non-hydrogen) atoms. The van der Waals surface area contributed by atoms with Gasteiger partial charge in [-0.25, -0.2) is 0 Å². The normalized spacial score (nSPS) is 27.5. The lowest BCUT2D eigenvalue weighted by Gasteiger charge is -2.33. The molecule has 1 saturated carbocycles. The minimum atomic E-state index is 0.245. The third kappa shape index (κ3) is 3.39. The summed E-state index contributed by atoms with van der Waals surface area (Å²) in [7, 11) is 0. The van der Waals surface area contributed by atoms with Gasteiger partial charge in [0.25, 0.3) is 0 Å². The fourth-order valence-electron chi connectivity index (χ4n) is 2.86. The van der Waals surface area contributed by atoms with E-state index in [1.807, 2.05) is 0 Å². The maximum atomic E-state index is 6.08. The number of hydrogen-bond donors (Lipinski definition) is 1. The molecule has 2 fully saturated rings. The first-order valence-electron chi connectivity index (χ1n) is 7.35. The number of halogens is 1. The highest BCUT2D eigenvalue weighted by Crippen LogP contribution is 2.37. The van der Waals surface area contributed by atoms with Gasteiger partial charge in [0.05, 0.1) is 6.10 Å². The van der Waals surface area contributed by atoms with Gasteiger partial charge in [-0.15, -0.1) is 0 Å². The number of hydrogen-bond acceptors (Lipinski definition) is 2. The zero-order valence-corrected chi connectivity index (χ0v) is 13.1. The summed E-state index contributed by atoms with van der Waals surface area (Å²) in [6, 6.07) is 7.38. The molecule has 2 nitrogen and oxygen atoms in total. The molecule has 0 amide bonds. The van der Waals surface area contributed by atoms with Crippen molar-refractivity contribution < 1.29 is 4.74 Å². The van der Waals surface area contributed by atoms with Crippen molar-refractivity contribution in [3.05, 3.63) is 33.8 Å². The molecule has 2 atom stereocenters. The minimum absolute atomic E-state index is 0.245. The van der Waals surface area contributed by atoms with E-state index in [-0.39, 0.29) is 6.10 Å². The van der Waals surface area contributed by atoms with Crippen molar-refractivity contribution in [1.29, 1.82) is 0 Å². The van der Waals surface area contributed by atoms with Gasteiger partial charge in [-0.1, -0.05) is 28.1 Å². The summed E-state index contributed by atoms with van der Waals surface area (Å²) < 4.78 is 7.27. The second kappa shape index (κ2) is 5.94. The predicted octanol–water partition coefficient (Wildman–Crippen LogP) is 3.98. The van der Waals surface area contributed by atoms with Crippen molar-refractivity contribution in [3.63, 3.8) is 0 Å². The average Bonchev–Trinajstić information content (AvgIpc) is 3.21. The van der Waals surface area contributed by atoms with Gasteiger partial charge in [0, 0.05) is 29.6 Å². The van der Waals surface area contributed by atoms with Crippen LogP contribution in [0.4, 0.5) is 0 Å².